The fraction of sp³-hybridized carbons (Fsp3) is 0.500. The Bertz CT molecular complexity index is 511. The van der Waals surface area contributed by atoms with E-state index in [0.29, 0.717) is 19.8 Å². The van der Waals surface area contributed by atoms with Gasteiger partial charge in [-0.15, -0.1) is 0 Å². The standard InChI is InChI=1S/C14H16BrNO3/c1-2-3-6-16-12-5-4-10(15)9-11(12)14(13(16)17)18-7-8-19-14/h4-5,9H,2-3,6-8H2,1H3. The number of amides is 1. The minimum Gasteiger partial charge on any atom is -0.336 e. The van der Waals surface area contributed by atoms with Crippen molar-refractivity contribution in [3.63, 3.8) is 0 Å². The molecule has 5 heteroatoms. The van der Waals surface area contributed by atoms with E-state index in [4.69, 9.17) is 9.47 Å². The number of nitrogens with zero attached hydrogens (tertiary/aromatic N) is 1. The zero-order valence-corrected chi connectivity index (χ0v) is 12.4. The molecule has 1 aromatic rings. The van der Waals surface area contributed by atoms with Crippen LogP contribution >= 0.6 is 15.9 Å². The number of hydrogen-bond acceptors (Lipinski definition) is 3. The summed E-state index contributed by atoms with van der Waals surface area (Å²) in [6.07, 6.45) is 2.02. The van der Waals surface area contributed by atoms with E-state index in [2.05, 4.69) is 22.9 Å². The first kappa shape index (κ1) is 13.1. The molecule has 0 aromatic heterocycles. The SMILES string of the molecule is CCCCN1C(=O)C2(OCCO2)c2cc(Br)ccc21. The molecular formula is C14H16BrNO3. The van der Waals surface area contributed by atoms with E-state index in [1.54, 1.807) is 4.90 Å². The maximum absolute atomic E-state index is 12.7. The minimum absolute atomic E-state index is 0.0912. The van der Waals surface area contributed by atoms with Crippen molar-refractivity contribution in [1.29, 1.82) is 0 Å². The quantitative estimate of drug-likeness (QED) is 0.857. The number of anilines is 1. The molecule has 0 radical (unpaired) electrons. The van der Waals surface area contributed by atoms with E-state index in [1.165, 1.54) is 0 Å². The average Bonchev–Trinajstić information content (AvgIpc) is 2.97. The van der Waals surface area contributed by atoms with Gasteiger partial charge in [0.15, 0.2) is 0 Å². The first-order chi connectivity index (χ1) is 9.19. The first-order valence-electron chi connectivity index (χ1n) is 6.59. The van der Waals surface area contributed by atoms with Gasteiger partial charge >= 0.3 is 0 Å². The van der Waals surface area contributed by atoms with Crippen LogP contribution in [-0.4, -0.2) is 25.7 Å². The average molecular weight is 326 g/mol. The number of rotatable bonds is 3. The Kier molecular flexibility index (Phi) is 3.37. The van der Waals surface area contributed by atoms with E-state index in [-0.39, 0.29) is 5.91 Å². The highest BCUT2D eigenvalue weighted by Crippen LogP contribution is 2.46. The van der Waals surface area contributed by atoms with Gasteiger partial charge in [0.25, 0.3) is 11.7 Å². The largest absolute Gasteiger partial charge is 0.336 e. The maximum atomic E-state index is 12.7. The number of benzene rings is 1. The molecule has 0 bridgehead atoms. The number of carbonyl (C=O) groups excluding carboxylic acids is 1. The molecule has 1 saturated heterocycles. The zero-order valence-electron chi connectivity index (χ0n) is 10.8. The Labute approximate surface area is 120 Å². The summed E-state index contributed by atoms with van der Waals surface area (Å²) < 4.78 is 12.3. The predicted octanol–water partition coefficient (Wildman–Crippen LogP) is 2.80. The lowest BCUT2D eigenvalue weighted by Gasteiger charge is -2.21. The summed E-state index contributed by atoms with van der Waals surface area (Å²) in [5, 5.41) is 0. The zero-order chi connectivity index (χ0) is 13.5. The molecule has 4 nitrogen and oxygen atoms in total. The number of halogens is 1. The highest BCUT2D eigenvalue weighted by atomic mass is 79.9. The molecule has 1 amide bonds. The summed E-state index contributed by atoms with van der Waals surface area (Å²) in [5.41, 5.74) is 1.73. The van der Waals surface area contributed by atoms with Gasteiger partial charge in [-0.25, -0.2) is 0 Å². The molecule has 2 aliphatic rings. The van der Waals surface area contributed by atoms with Gasteiger partial charge in [0, 0.05) is 16.6 Å². The lowest BCUT2D eigenvalue weighted by atomic mass is 10.1. The smallest absolute Gasteiger partial charge is 0.292 e. The van der Waals surface area contributed by atoms with Gasteiger partial charge in [-0.2, -0.15) is 0 Å². The molecule has 0 aliphatic carbocycles. The second-order valence-corrected chi connectivity index (χ2v) is 5.70. The van der Waals surface area contributed by atoms with Crippen molar-refractivity contribution in [1.82, 2.24) is 0 Å². The lowest BCUT2D eigenvalue weighted by molar-refractivity contribution is -0.180. The number of hydrogen-bond donors (Lipinski definition) is 0. The first-order valence-corrected chi connectivity index (χ1v) is 7.38. The Morgan fingerprint density at radius 1 is 1.37 bits per heavy atom. The molecule has 1 spiro atoms. The van der Waals surface area contributed by atoms with Gasteiger partial charge in [0.05, 0.1) is 18.9 Å². The highest BCUT2D eigenvalue weighted by Gasteiger charge is 2.55. The molecule has 102 valence electrons. The van der Waals surface area contributed by atoms with Gasteiger partial charge in [-0.3, -0.25) is 4.79 Å². The molecule has 2 heterocycles. The number of unbranched alkanes of at least 4 members (excludes halogenated alkanes) is 1. The summed E-state index contributed by atoms with van der Waals surface area (Å²) in [6, 6.07) is 5.82. The van der Waals surface area contributed by atoms with Crippen LogP contribution in [-0.2, 0) is 20.1 Å². The predicted molar refractivity (Wildman–Crippen MR) is 75.0 cm³/mol. The Morgan fingerprint density at radius 2 is 2.11 bits per heavy atom. The van der Waals surface area contributed by atoms with Gasteiger partial charge in [-0.1, -0.05) is 29.3 Å². The van der Waals surface area contributed by atoms with Gasteiger partial charge in [-0.05, 0) is 24.6 Å². The molecule has 3 rings (SSSR count). The summed E-state index contributed by atoms with van der Waals surface area (Å²) in [6.45, 7) is 3.73. The third kappa shape index (κ3) is 1.91. The number of fused-ring (bicyclic) bond motifs is 2. The fourth-order valence-corrected chi connectivity index (χ4v) is 3.00. The van der Waals surface area contributed by atoms with Crippen LogP contribution in [0.2, 0.25) is 0 Å². The third-order valence-electron chi connectivity index (χ3n) is 3.56. The minimum atomic E-state index is -1.20. The van der Waals surface area contributed by atoms with Gasteiger partial charge in [0.1, 0.15) is 0 Å². The van der Waals surface area contributed by atoms with Crippen molar-refractivity contribution in [2.24, 2.45) is 0 Å². The van der Waals surface area contributed by atoms with Gasteiger partial charge in [0.2, 0.25) is 0 Å². The normalized spacial score (nSPS) is 20.3. The molecule has 2 aliphatic heterocycles. The van der Waals surface area contributed by atoms with Gasteiger partial charge < -0.3 is 14.4 Å². The molecule has 1 aromatic carbocycles. The summed E-state index contributed by atoms with van der Waals surface area (Å²) >= 11 is 3.45. The molecule has 0 N–H and O–H groups in total. The van der Waals surface area contributed by atoms with Crippen LogP contribution in [0.25, 0.3) is 0 Å². The Hall–Kier alpha value is -0.910. The van der Waals surface area contributed by atoms with E-state index in [0.717, 1.165) is 28.6 Å². The second-order valence-electron chi connectivity index (χ2n) is 4.79. The topological polar surface area (TPSA) is 38.8 Å². The van der Waals surface area contributed by atoms with Crippen LogP contribution in [0.4, 0.5) is 5.69 Å². The van der Waals surface area contributed by atoms with E-state index < -0.39 is 5.79 Å². The van der Waals surface area contributed by atoms with Crippen LogP contribution in [0.1, 0.15) is 25.3 Å². The van der Waals surface area contributed by atoms with Crippen molar-refractivity contribution in [2.75, 3.05) is 24.7 Å². The fourth-order valence-electron chi connectivity index (χ4n) is 2.64. The van der Waals surface area contributed by atoms with Crippen LogP contribution < -0.4 is 4.90 Å². The Balaban J connectivity index is 2.06. The second kappa shape index (κ2) is 4.89. The van der Waals surface area contributed by atoms with Crippen molar-refractivity contribution >= 4 is 27.5 Å². The monoisotopic (exact) mass is 325 g/mol. The summed E-state index contributed by atoms with van der Waals surface area (Å²) in [5.74, 6) is -1.29. The van der Waals surface area contributed by atoms with Crippen molar-refractivity contribution < 1.29 is 14.3 Å². The highest BCUT2D eigenvalue weighted by molar-refractivity contribution is 9.10. The number of carbonyl (C=O) groups is 1. The van der Waals surface area contributed by atoms with Crippen LogP contribution in [0, 0.1) is 0 Å². The van der Waals surface area contributed by atoms with Crippen LogP contribution in [0.5, 0.6) is 0 Å². The summed E-state index contributed by atoms with van der Waals surface area (Å²) in [4.78, 5) is 14.5. The van der Waals surface area contributed by atoms with Crippen LogP contribution in [0.3, 0.4) is 0 Å². The maximum Gasteiger partial charge on any atom is 0.292 e. The van der Waals surface area contributed by atoms with E-state index in [1.807, 2.05) is 18.2 Å². The van der Waals surface area contributed by atoms with E-state index >= 15 is 0 Å². The van der Waals surface area contributed by atoms with E-state index in [9.17, 15) is 4.79 Å². The summed E-state index contributed by atoms with van der Waals surface area (Å²) in [7, 11) is 0. The Morgan fingerprint density at radius 3 is 2.79 bits per heavy atom. The molecule has 0 saturated carbocycles. The molecule has 1 fully saturated rings. The van der Waals surface area contributed by atoms with Crippen LogP contribution in [0.15, 0.2) is 22.7 Å². The third-order valence-corrected chi connectivity index (χ3v) is 4.05. The molecule has 19 heavy (non-hydrogen) atoms. The molecular weight excluding hydrogens is 310 g/mol. The lowest BCUT2D eigenvalue weighted by Crippen LogP contribution is -2.41. The van der Waals surface area contributed by atoms with Crippen molar-refractivity contribution in [3.8, 4) is 0 Å². The van der Waals surface area contributed by atoms with Crippen molar-refractivity contribution in [3.05, 3.63) is 28.2 Å². The molecule has 0 unspecified atom stereocenters. The molecule has 0 atom stereocenters. The number of ether oxygens (including phenoxy) is 2. The van der Waals surface area contributed by atoms with Crippen molar-refractivity contribution in [2.45, 2.75) is 25.6 Å².